The summed E-state index contributed by atoms with van der Waals surface area (Å²) in [5.74, 6) is 0. The normalized spacial score (nSPS) is 12.1. The highest BCUT2D eigenvalue weighted by Gasteiger charge is 2.19. The summed E-state index contributed by atoms with van der Waals surface area (Å²) in [7, 11) is 2.13. The minimum atomic E-state index is 0.537. The fourth-order valence-electron chi connectivity index (χ4n) is 5.26. The lowest BCUT2D eigenvalue weighted by molar-refractivity contribution is -0.659. The SMILES string of the molecule is [2H]c1ccc2c(c1)c1ccccc1n2-c1ccc2c(-c3cc(C)cc(C)c3C)[n+](C)ccc2c1. The standard InChI is InChI=1S/C31H27N2/c1-20-17-21(2)22(3)28(18-20)31-25-14-13-24(19-23(25)15-16-32(31)4)33-29-11-7-5-9-26(29)27-10-6-8-12-30(27)33/h5-19H,1-4H3/q+1/i5D. The summed E-state index contributed by atoms with van der Waals surface area (Å²) in [5, 5.41) is 4.76. The molecule has 160 valence electrons. The van der Waals surface area contributed by atoms with Crippen molar-refractivity contribution in [1.82, 2.24) is 4.57 Å². The number of fused-ring (bicyclic) bond motifs is 4. The Labute approximate surface area is 195 Å². The van der Waals surface area contributed by atoms with E-state index >= 15 is 0 Å². The highest BCUT2D eigenvalue weighted by Crippen LogP contribution is 2.35. The van der Waals surface area contributed by atoms with Crippen LogP contribution in [0.15, 0.2) is 91.1 Å². The molecule has 0 N–H and O–H groups in total. The maximum Gasteiger partial charge on any atom is 0.220 e. The predicted octanol–water partition coefficient (Wildman–Crippen LogP) is 7.35. The monoisotopic (exact) mass is 428 g/mol. The number of pyridine rings is 1. The maximum atomic E-state index is 8.14. The Kier molecular flexibility index (Phi) is 4.13. The van der Waals surface area contributed by atoms with E-state index in [0.717, 1.165) is 22.1 Å². The number of nitrogens with zero attached hydrogens (tertiary/aromatic N) is 2. The van der Waals surface area contributed by atoms with Crippen LogP contribution in [0.3, 0.4) is 0 Å². The van der Waals surface area contributed by atoms with Gasteiger partial charge in [0, 0.05) is 22.5 Å². The second-order valence-corrected chi connectivity index (χ2v) is 9.10. The minimum absolute atomic E-state index is 0.537. The van der Waals surface area contributed by atoms with E-state index in [1.54, 1.807) is 0 Å². The number of hydrogen-bond acceptors (Lipinski definition) is 0. The van der Waals surface area contributed by atoms with Crippen LogP contribution in [-0.2, 0) is 7.05 Å². The van der Waals surface area contributed by atoms with Gasteiger partial charge in [-0.05, 0) is 73.7 Å². The molecule has 0 spiro atoms. The molecule has 0 aliphatic heterocycles. The summed E-state index contributed by atoms with van der Waals surface area (Å²) >= 11 is 0. The fraction of sp³-hybridized carbons (Fsp3) is 0.129. The highest BCUT2D eigenvalue weighted by molar-refractivity contribution is 6.09. The van der Waals surface area contributed by atoms with Gasteiger partial charge in [0.05, 0.1) is 23.4 Å². The number of rotatable bonds is 2. The van der Waals surface area contributed by atoms with E-state index in [4.69, 9.17) is 1.37 Å². The molecule has 0 bridgehead atoms. The molecule has 0 fully saturated rings. The third kappa shape index (κ3) is 2.98. The van der Waals surface area contributed by atoms with E-state index in [9.17, 15) is 0 Å². The second-order valence-electron chi connectivity index (χ2n) is 9.10. The first-order valence-corrected chi connectivity index (χ1v) is 11.4. The molecule has 6 rings (SSSR count). The molecule has 0 radical (unpaired) electrons. The molecule has 4 aromatic carbocycles. The van der Waals surface area contributed by atoms with Gasteiger partial charge in [-0.2, -0.15) is 0 Å². The van der Waals surface area contributed by atoms with Crippen LogP contribution in [0.25, 0.3) is 49.5 Å². The Balaban J connectivity index is 1.64. The molecule has 0 aliphatic carbocycles. The van der Waals surface area contributed by atoms with E-state index < -0.39 is 0 Å². The number of para-hydroxylation sites is 2. The van der Waals surface area contributed by atoms with Crippen molar-refractivity contribution in [3.05, 3.63) is 108 Å². The number of benzene rings is 4. The van der Waals surface area contributed by atoms with Crippen molar-refractivity contribution in [2.45, 2.75) is 20.8 Å². The van der Waals surface area contributed by atoms with E-state index in [1.165, 1.54) is 44.1 Å². The van der Waals surface area contributed by atoms with Crippen molar-refractivity contribution in [2.75, 3.05) is 0 Å². The van der Waals surface area contributed by atoms with Gasteiger partial charge < -0.3 is 4.57 Å². The molecular weight excluding hydrogens is 400 g/mol. The Bertz CT molecular complexity index is 1760. The molecule has 0 atom stereocenters. The van der Waals surface area contributed by atoms with Crippen LogP contribution in [0.1, 0.15) is 18.1 Å². The molecule has 0 saturated heterocycles. The first-order chi connectivity index (χ1) is 16.4. The molecular formula is C31H27N2+. The zero-order valence-electron chi connectivity index (χ0n) is 20.5. The second kappa shape index (κ2) is 7.31. The average Bonchev–Trinajstić information content (AvgIpc) is 3.15. The topological polar surface area (TPSA) is 8.81 Å². The summed E-state index contributed by atoms with van der Waals surface area (Å²) < 4.78 is 12.7. The van der Waals surface area contributed by atoms with Crippen LogP contribution >= 0.6 is 0 Å². The summed E-state index contributed by atoms with van der Waals surface area (Å²) in [6.45, 7) is 6.58. The van der Waals surface area contributed by atoms with Crippen molar-refractivity contribution < 1.29 is 5.94 Å². The van der Waals surface area contributed by atoms with Crippen LogP contribution in [0.5, 0.6) is 0 Å². The quantitative estimate of drug-likeness (QED) is 0.255. The van der Waals surface area contributed by atoms with Crippen molar-refractivity contribution in [3.63, 3.8) is 0 Å². The molecule has 2 nitrogen and oxygen atoms in total. The van der Waals surface area contributed by atoms with Gasteiger partial charge in [-0.25, -0.2) is 4.57 Å². The molecule has 0 unspecified atom stereocenters. The van der Waals surface area contributed by atoms with E-state index in [0.29, 0.717) is 6.04 Å². The number of aryl methyl sites for hydroxylation is 3. The summed E-state index contributed by atoms with van der Waals surface area (Å²) in [6, 6.07) is 28.5. The van der Waals surface area contributed by atoms with Gasteiger partial charge >= 0.3 is 0 Å². The molecule has 2 heteroatoms. The molecule has 0 aliphatic rings. The third-order valence-electron chi connectivity index (χ3n) is 6.96. The summed E-state index contributed by atoms with van der Waals surface area (Å²) in [5.41, 5.74) is 9.89. The van der Waals surface area contributed by atoms with Gasteiger partial charge in [0.15, 0.2) is 6.20 Å². The van der Waals surface area contributed by atoms with Gasteiger partial charge in [0.1, 0.15) is 7.05 Å². The van der Waals surface area contributed by atoms with Crippen LogP contribution in [0, 0.1) is 20.8 Å². The van der Waals surface area contributed by atoms with E-state index in [2.05, 4.69) is 110 Å². The third-order valence-corrected chi connectivity index (χ3v) is 6.96. The molecule has 2 aromatic heterocycles. The maximum absolute atomic E-state index is 8.14. The first-order valence-electron chi connectivity index (χ1n) is 11.9. The van der Waals surface area contributed by atoms with Crippen molar-refractivity contribution in [2.24, 2.45) is 7.05 Å². The number of aromatic nitrogens is 2. The molecule has 2 heterocycles. The molecule has 0 amide bonds. The van der Waals surface area contributed by atoms with E-state index in [-0.39, 0.29) is 0 Å². The van der Waals surface area contributed by atoms with Gasteiger partial charge in [-0.1, -0.05) is 48.0 Å². The lowest BCUT2D eigenvalue weighted by atomic mass is 9.94. The lowest BCUT2D eigenvalue weighted by Crippen LogP contribution is -2.30. The van der Waals surface area contributed by atoms with Crippen LogP contribution in [0.2, 0.25) is 0 Å². The van der Waals surface area contributed by atoms with E-state index in [1.807, 2.05) is 12.1 Å². The van der Waals surface area contributed by atoms with Gasteiger partial charge in [0.2, 0.25) is 5.69 Å². The molecule has 6 aromatic rings. The Morgan fingerprint density at radius 1 is 0.758 bits per heavy atom. The lowest BCUT2D eigenvalue weighted by Gasteiger charge is -2.13. The number of hydrogen-bond donors (Lipinski definition) is 0. The van der Waals surface area contributed by atoms with Crippen molar-refractivity contribution >= 4 is 32.6 Å². The molecule has 0 saturated carbocycles. The van der Waals surface area contributed by atoms with Crippen LogP contribution < -0.4 is 4.57 Å². The van der Waals surface area contributed by atoms with Crippen molar-refractivity contribution in [1.29, 1.82) is 0 Å². The first kappa shape index (κ1) is 18.6. The van der Waals surface area contributed by atoms with Crippen molar-refractivity contribution in [3.8, 4) is 16.9 Å². The van der Waals surface area contributed by atoms with Crippen LogP contribution in [-0.4, -0.2) is 4.57 Å². The Hall–Kier alpha value is -3.91. The zero-order chi connectivity index (χ0) is 23.6. The van der Waals surface area contributed by atoms with Gasteiger partial charge in [0.25, 0.3) is 0 Å². The van der Waals surface area contributed by atoms with Crippen LogP contribution in [0.4, 0.5) is 0 Å². The average molecular weight is 429 g/mol. The smallest absolute Gasteiger partial charge is 0.220 e. The Morgan fingerprint density at radius 3 is 2.36 bits per heavy atom. The van der Waals surface area contributed by atoms with Gasteiger partial charge in [-0.3, -0.25) is 0 Å². The Morgan fingerprint density at radius 2 is 1.52 bits per heavy atom. The largest absolute Gasteiger partial charge is 0.309 e. The predicted molar refractivity (Wildman–Crippen MR) is 139 cm³/mol. The minimum Gasteiger partial charge on any atom is -0.309 e. The zero-order valence-corrected chi connectivity index (χ0v) is 19.5. The van der Waals surface area contributed by atoms with Gasteiger partial charge in [-0.15, -0.1) is 0 Å². The molecule has 33 heavy (non-hydrogen) atoms. The highest BCUT2D eigenvalue weighted by atomic mass is 15.0. The summed E-state index contributed by atoms with van der Waals surface area (Å²) in [6.07, 6.45) is 2.16. The fourth-order valence-corrected chi connectivity index (χ4v) is 5.26. The summed E-state index contributed by atoms with van der Waals surface area (Å²) in [4.78, 5) is 0.